The first kappa shape index (κ1) is 19.7. The number of aryl methyl sites for hydroxylation is 1. The summed E-state index contributed by atoms with van der Waals surface area (Å²) in [5.74, 6) is -0.347. The van der Waals surface area contributed by atoms with Crippen LogP contribution in [0.15, 0.2) is 23.7 Å². The molecule has 0 atom stereocenters. The van der Waals surface area contributed by atoms with Crippen LogP contribution in [0.2, 0.25) is 0 Å². The highest BCUT2D eigenvalue weighted by atomic mass is 16.7. The molecule has 2 rings (SSSR count). The molecule has 0 amide bonds. The predicted molar refractivity (Wildman–Crippen MR) is 101 cm³/mol. The Kier molecular flexibility index (Phi) is 5.77. The lowest BCUT2D eigenvalue weighted by Gasteiger charge is -2.32. The van der Waals surface area contributed by atoms with Crippen LogP contribution in [0, 0.1) is 6.92 Å². The molecule has 0 spiro atoms. The van der Waals surface area contributed by atoms with Crippen LogP contribution in [-0.2, 0) is 14.0 Å². The van der Waals surface area contributed by atoms with Gasteiger partial charge in [-0.1, -0.05) is 12.1 Å². The van der Waals surface area contributed by atoms with Gasteiger partial charge in [-0.3, -0.25) is 0 Å². The van der Waals surface area contributed by atoms with Crippen LogP contribution in [-0.4, -0.2) is 45.0 Å². The van der Waals surface area contributed by atoms with Crippen molar-refractivity contribution < 1.29 is 18.8 Å². The van der Waals surface area contributed by atoms with E-state index in [4.69, 9.17) is 14.0 Å². The molecule has 1 aliphatic rings. The third-order valence-corrected chi connectivity index (χ3v) is 4.98. The Labute approximate surface area is 150 Å². The number of nitrogens with one attached hydrogen (secondary N) is 1. The van der Waals surface area contributed by atoms with Crippen LogP contribution in [0.1, 0.15) is 49.2 Å². The smallest absolute Gasteiger partial charge is 0.465 e. The van der Waals surface area contributed by atoms with Gasteiger partial charge in [0.2, 0.25) is 0 Å². The van der Waals surface area contributed by atoms with Gasteiger partial charge in [0.25, 0.3) is 0 Å². The third kappa shape index (κ3) is 4.14. The van der Waals surface area contributed by atoms with Gasteiger partial charge in [-0.2, -0.15) is 0 Å². The minimum Gasteiger partial charge on any atom is -0.465 e. The maximum atomic E-state index is 11.8. The second-order valence-electron chi connectivity index (χ2n) is 7.40. The van der Waals surface area contributed by atoms with E-state index in [0.29, 0.717) is 12.1 Å². The Morgan fingerprint density at radius 2 is 1.84 bits per heavy atom. The zero-order chi connectivity index (χ0) is 18.8. The van der Waals surface area contributed by atoms with E-state index in [1.165, 1.54) is 7.11 Å². The molecular weight excluding hydrogens is 317 g/mol. The summed E-state index contributed by atoms with van der Waals surface area (Å²) in [4.78, 5) is 11.8. The van der Waals surface area contributed by atoms with Gasteiger partial charge in [-0.25, -0.2) is 4.79 Å². The molecule has 136 valence electrons. The number of esters is 1. The molecule has 1 aromatic carbocycles. The number of hydrogen-bond acceptors (Lipinski definition) is 5. The molecule has 1 aliphatic heterocycles. The van der Waals surface area contributed by atoms with Crippen LogP contribution in [0.3, 0.4) is 0 Å². The molecule has 1 saturated heterocycles. The summed E-state index contributed by atoms with van der Waals surface area (Å²) in [5.41, 5.74) is 2.73. The van der Waals surface area contributed by atoms with Crippen LogP contribution in [0.4, 0.5) is 0 Å². The number of carbonyl (C=O) groups excluding carboxylic acids is 1. The van der Waals surface area contributed by atoms with E-state index in [-0.39, 0.29) is 5.97 Å². The normalized spacial score (nSPS) is 19.2. The zero-order valence-electron chi connectivity index (χ0n) is 16.2. The van der Waals surface area contributed by atoms with Crippen molar-refractivity contribution in [3.05, 3.63) is 40.4 Å². The predicted octanol–water partition coefficient (Wildman–Crippen LogP) is 3.02. The fourth-order valence-electron chi connectivity index (χ4n) is 2.64. The molecule has 6 heteroatoms. The molecule has 0 radical (unpaired) electrons. The van der Waals surface area contributed by atoms with Crippen LogP contribution in [0.25, 0.3) is 6.08 Å². The summed E-state index contributed by atoms with van der Waals surface area (Å²) in [5, 5.41) is 3.17. The topological polar surface area (TPSA) is 56.8 Å². The van der Waals surface area contributed by atoms with Gasteiger partial charge in [0.1, 0.15) is 0 Å². The molecule has 0 saturated carbocycles. The van der Waals surface area contributed by atoms with Gasteiger partial charge in [-0.05, 0) is 70.4 Å². The van der Waals surface area contributed by atoms with Crippen molar-refractivity contribution in [2.45, 2.75) is 45.8 Å². The van der Waals surface area contributed by atoms with Gasteiger partial charge in [0.05, 0.1) is 23.9 Å². The monoisotopic (exact) mass is 345 g/mol. The fraction of sp³-hybridized carbons (Fsp3) is 0.526. The van der Waals surface area contributed by atoms with E-state index in [1.54, 1.807) is 6.07 Å². The minimum atomic E-state index is -0.432. The molecule has 0 bridgehead atoms. The number of likely N-dealkylation sites (N-methyl/N-ethyl adjacent to an activating group) is 1. The van der Waals surface area contributed by atoms with Gasteiger partial charge in [-0.15, -0.1) is 0 Å². The Hall–Kier alpha value is -1.63. The summed E-state index contributed by atoms with van der Waals surface area (Å²) in [6.45, 7) is 10.8. The number of ether oxygens (including phenoxy) is 1. The standard InChI is InChI=1S/C19H28BNO4/c1-13-8-9-14(17(22)23-7)10-15(13)11-16(12-21-6)20-24-18(2,3)19(4,5)25-20/h8-11,21H,12H2,1-7H3. The highest BCUT2D eigenvalue weighted by molar-refractivity contribution is 6.56. The molecule has 1 aromatic rings. The molecule has 1 N–H and O–H groups in total. The molecule has 1 heterocycles. The molecular formula is C19H28BNO4. The summed E-state index contributed by atoms with van der Waals surface area (Å²) in [7, 11) is 2.84. The number of rotatable bonds is 5. The van der Waals surface area contributed by atoms with E-state index in [9.17, 15) is 4.79 Å². The quantitative estimate of drug-likeness (QED) is 0.657. The zero-order valence-corrected chi connectivity index (χ0v) is 16.2. The third-order valence-electron chi connectivity index (χ3n) is 4.98. The molecule has 25 heavy (non-hydrogen) atoms. The number of carbonyl (C=O) groups is 1. The molecule has 0 unspecified atom stereocenters. The first-order chi connectivity index (χ1) is 11.6. The summed E-state index contributed by atoms with van der Waals surface area (Å²) in [6.07, 6.45) is 2.03. The van der Waals surface area contributed by atoms with Gasteiger partial charge in [0.15, 0.2) is 0 Å². The van der Waals surface area contributed by atoms with Crippen molar-refractivity contribution in [3.8, 4) is 0 Å². The lowest BCUT2D eigenvalue weighted by Crippen LogP contribution is -2.41. The highest BCUT2D eigenvalue weighted by Gasteiger charge is 2.52. The molecule has 1 fully saturated rings. The Bertz CT molecular complexity index is 666. The first-order valence-electron chi connectivity index (χ1n) is 8.51. The summed E-state index contributed by atoms with van der Waals surface area (Å²) < 4.78 is 17.2. The second kappa shape index (κ2) is 7.32. The molecule has 0 aromatic heterocycles. The Morgan fingerprint density at radius 3 is 2.36 bits per heavy atom. The summed E-state index contributed by atoms with van der Waals surface area (Å²) >= 11 is 0. The minimum absolute atomic E-state index is 0.347. The van der Waals surface area contributed by atoms with Crippen LogP contribution in [0.5, 0.6) is 0 Å². The van der Waals surface area contributed by atoms with Crippen molar-refractivity contribution in [2.24, 2.45) is 0 Å². The van der Waals surface area contributed by atoms with E-state index in [1.807, 2.05) is 59.9 Å². The van der Waals surface area contributed by atoms with Gasteiger partial charge >= 0.3 is 13.1 Å². The number of benzene rings is 1. The fourth-order valence-corrected chi connectivity index (χ4v) is 2.64. The van der Waals surface area contributed by atoms with Crippen molar-refractivity contribution in [1.82, 2.24) is 5.32 Å². The van der Waals surface area contributed by atoms with E-state index >= 15 is 0 Å². The van der Waals surface area contributed by atoms with Crippen molar-refractivity contribution in [1.29, 1.82) is 0 Å². The van der Waals surface area contributed by atoms with Gasteiger partial charge < -0.3 is 19.4 Å². The van der Waals surface area contributed by atoms with Crippen LogP contribution < -0.4 is 5.32 Å². The maximum absolute atomic E-state index is 11.8. The average Bonchev–Trinajstić information content (AvgIpc) is 2.76. The SMILES string of the molecule is CNCC(=Cc1cc(C(=O)OC)ccc1C)B1OC(C)(C)C(C)(C)O1. The van der Waals surface area contributed by atoms with Crippen molar-refractivity contribution in [3.63, 3.8) is 0 Å². The summed E-state index contributed by atoms with van der Waals surface area (Å²) in [6, 6.07) is 5.52. The maximum Gasteiger partial charge on any atom is 0.491 e. The largest absolute Gasteiger partial charge is 0.491 e. The average molecular weight is 345 g/mol. The Balaban J connectivity index is 2.40. The van der Waals surface area contributed by atoms with Crippen LogP contribution >= 0.6 is 0 Å². The Morgan fingerprint density at radius 1 is 1.24 bits per heavy atom. The lowest BCUT2D eigenvalue weighted by atomic mass is 9.76. The second-order valence-corrected chi connectivity index (χ2v) is 7.40. The molecule has 0 aliphatic carbocycles. The van der Waals surface area contributed by atoms with Crippen molar-refractivity contribution in [2.75, 3.05) is 20.7 Å². The van der Waals surface area contributed by atoms with E-state index < -0.39 is 18.3 Å². The highest BCUT2D eigenvalue weighted by Crippen LogP contribution is 2.38. The lowest BCUT2D eigenvalue weighted by molar-refractivity contribution is 0.00578. The van der Waals surface area contributed by atoms with Gasteiger partial charge in [0, 0.05) is 6.54 Å². The first-order valence-corrected chi connectivity index (χ1v) is 8.51. The number of hydrogen-bond donors (Lipinski definition) is 1. The van der Waals surface area contributed by atoms with Crippen molar-refractivity contribution >= 4 is 19.2 Å². The molecule has 5 nitrogen and oxygen atoms in total. The number of methoxy groups -OCH3 is 1. The van der Waals surface area contributed by atoms with E-state index in [2.05, 4.69) is 5.32 Å². The van der Waals surface area contributed by atoms with E-state index in [0.717, 1.165) is 16.6 Å².